The minimum atomic E-state index is 0.228. The van der Waals surface area contributed by atoms with Gasteiger partial charge in [0.2, 0.25) is 11.2 Å². The Morgan fingerprint density at radius 3 is 2.87 bits per heavy atom. The number of aromatic nitrogens is 4. The van der Waals surface area contributed by atoms with Crippen LogP contribution in [0.3, 0.4) is 0 Å². The summed E-state index contributed by atoms with van der Waals surface area (Å²) < 4.78 is 4.96. The highest BCUT2D eigenvalue weighted by Gasteiger charge is 2.02. The Morgan fingerprint density at radius 2 is 2.33 bits per heavy atom. The topological polar surface area (TPSA) is 63.7 Å². The van der Waals surface area contributed by atoms with Crippen LogP contribution in [0.1, 0.15) is 11.4 Å². The number of nitrogens with one attached hydrogen (secondary N) is 1. The summed E-state index contributed by atoms with van der Waals surface area (Å²) in [5, 5.41) is 6.69. The molecule has 2 aromatic heterocycles. The maximum atomic E-state index is 5.59. The van der Waals surface area contributed by atoms with Gasteiger partial charge in [-0.15, -0.1) is 5.10 Å². The SMILES string of the molecule is COc1ccc(Cc2nc(Cl)n[nH]2)cn1. The maximum absolute atomic E-state index is 5.59. The number of hydrogen-bond donors (Lipinski definition) is 1. The predicted octanol–water partition coefficient (Wildman–Crippen LogP) is 1.45. The molecular weight excluding hydrogens is 216 g/mol. The molecule has 0 saturated carbocycles. The van der Waals surface area contributed by atoms with Gasteiger partial charge < -0.3 is 4.74 Å². The second kappa shape index (κ2) is 4.27. The van der Waals surface area contributed by atoms with Crippen molar-refractivity contribution in [2.24, 2.45) is 0 Å². The van der Waals surface area contributed by atoms with Crippen LogP contribution in [-0.2, 0) is 6.42 Å². The van der Waals surface area contributed by atoms with E-state index in [0.29, 0.717) is 18.1 Å². The molecule has 15 heavy (non-hydrogen) atoms. The van der Waals surface area contributed by atoms with Crippen LogP contribution in [0.15, 0.2) is 18.3 Å². The number of nitrogens with zero attached hydrogens (tertiary/aromatic N) is 3. The first-order valence-electron chi connectivity index (χ1n) is 4.33. The standard InChI is InChI=1S/C9H9ClN4O/c1-15-8-3-2-6(5-11-8)4-7-12-9(10)14-13-7/h2-3,5H,4H2,1H3,(H,12,13,14). The lowest BCUT2D eigenvalue weighted by Gasteiger charge is -1.99. The minimum Gasteiger partial charge on any atom is -0.481 e. The number of halogens is 1. The van der Waals surface area contributed by atoms with Gasteiger partial charge in [-0.3, -0.25) is 5.10 Å². The average molecular weight is 225 g/mol. The summed E-state index contributed by atoms with van der Waals surface area (Å²) in [6, 6.07) is 3.72. The molecule has 0 spiro atoms. The van der Waals surface area contributed by atoms with Gasteiger partial charge in [0.05, 0.1) is 7.11 Å². The smallest absolute Gasteiger partial charge is 0.242 e. The zero-order valence-electron chi connectivity index (χ0n) is 8.07. The van der Waals surface area contributed by atoms with Gasteiger partial charge in [-0.05, 0) is 17.2 Å². The highest BCUT2D eigenvalue weighted by molar-refractivity contribution is 6.28. The van der Waals surface area contributed by atoms with Crippen LogP contribution in [0, 0.1) is 0 Å². The van der Waals surface area contributed by atoms with E-state index in [-0.39, 0.29) is 5.28 Å². The summed E-state index contributed by atoms with van der Waals surface area (Å²) in [6.07, 6.45) is 2.35. The molecular formula is C9H9ClN4O. The van der Waals surface area contributed by atoms with Crippen molar-refractivity contribution in [2.75, 3.05) is 7.11 Å². The molecule has 78 valence electrons. The normalized spacial score (nSPS) is 10.3. The summed E-state index contributed by atoms with van der Waals surface area (Å²) in [4.78, 5) is 8.07. The van der Waals surface area contributed by atoms with Crippen molar-refractivity contribution in [2.45, 2.75) is 6.42 Å². The van der Waals surface area contributed by atoms with Gasteiger partial charge in [0.1, 0.15) is 5.82 Å². The molecule has 0 saturated heterocycles. The van der Waals surface area contributed by atoms with Crippen molar-refractivity contribution in [3.8, 4) is 5.88 Å². The average Bonchev–Trinajstić information content (AvgIpc) is 2.65. The summed E-state index contributed by atoms with van der Waals surface area (Å²) in [5.41, 5.74) is 1.02. The van der Waals surface area contributed by atoms with E-state index in [1.54, 1.807) is 19.4 Å². The first-order chi connectivity index (χ1) is 7.28. The van der Waals surface area contributed by atoms with Crippen LogP contribution >= 0.6 is 11.6 Å². The Kier molecular flexibility index (Phi) is 2.82. The van der Waals surface area contributed by atoms with Gasteiger partial charge in [-0.25, -0.2) is 9.97 Å². The van der Waals surface area contributed by atoms with E-state index in [4.69, 9.17) is 16.3 Å². The van der Waals surface area contributed by atoms with E-state index < -0.39 is 0 Å². The monoisotopic (exact) mass is 224 g/mol. The summed E-state index contributed by atoms with van der Waals surface area (Å²) in [5.74, 6) is 1.31. The second-order valence-corrected chi connectivity index (χ2v) is 3.27. The molecule has 2 rings (SSSR count). The fourth-order valence-electron chi connectivity index (χ4n) is 1.18. The van der Waals surface area contributed by atoms with Crippen molar-refractivity contribution in [1.82, 2.24) is 20.2 Å². The molecule has 6 heteroatoms. The Balaban J connectivity index is 2.11. The summed E-state index contributed by atoms with van der Waals surface area (Å²) in [7, 11) is 1.58. The molecule has 2 aromatic rings. The van der Waals surface area contributed by atoms with E-state index in [1.807, 2.05) is 6.07 Å². The molecule has 0 aliphatic rings. The third-order valence-electron chi connectivity index (χ3n) is 1.88. The van der Waals surface area contributed by atoms with Gasteiger partial charge in [-0.2, -0.15) is 0 Å². The van der Waals surface area contributed by atoms with Crippen LogP contribution in [0.2, 0.25) is 5.28 Å². The van der Waals surface area contributed by atoms with E-state index in [1.165, 1.54) is 0 Å². The molecule has 0 atom stereocenters. The van der Waals surface area contributed by atoms with Crippen molar-refractivity contribution >= 4 is 11.6 Å². The number of aromatic amines is 1. The van der Waals surface area contributed by atoms with Crippen molar-refractivity contribution in [1.29, 1.82) is 0 Å². The molecule has 2 heterocycles. The Labute approximate surface area is 91.5 Å². The largest absolute Gasteiger partial charge is 0.481 e. The predicted molar refractivity (Wildman–Crippen MR) is 55.0 cm³/mol. The van der Waals surface area contributed by atoms with Gasteiger partial charge in [-0.1, -0.05) is 6.07 Å². The fraction of sp³-hybridized carbons (Fsp3) is 0.222. The third kappa shape index (κ3) is 2.44. The van der Waals surface area contributed by atoms with Crippen molar-refractivity contribution < 1.29 is 4.74 Å². The van der Waals surface area contributed by atoms with Gasteiger partial charge in [0.15, 0.2) is 0 Å². The first kappa shape index (κ1) is 9.92. The van der Waals surface area contributed by atoms with Crippen LogP contribution in [0.5, 0.6) is 5.88 Å². The second-order valence-electron chi connectivity index (χ2n) is 2.94. The molecule has 5 nitrogen and oxygen atoms in total. The minimum absolute atomic E-state index is 0.228. The number of H-pyrrole nitrogens is 1. The van der Waals surface area contributed by atoms with Crippen molar-refractivity contribution in [3.05, 3.63) is 35.0 Å². The lowest BCUT2D eigenvalue weighted by molar-refractivity contribution is 0.397. The van der Waals surface area contributed by atoms with E-state index in [9.17, 15) is 0 Å². The lowest BCUT2D eigenvalue weighted by Crippen LogP contribution is -1.93. The zero-order valence-corrected chi connectivity index (χ0v) is 8.82. The number of hydrogen-bond acceptors (Lipinski definition) is 4. The molecule has 0 fully saturated rings. The van der Waals surface area contributed by atoms with Crippen LogP contribution in [-0.4, -0.2) is 27.3 Å². The lowest BCUT2D eigenvalue weighted by atomic mass is 10.2. The number of rotatable bonds is 3. The Bertz CT molecular complexity index is 440. The van der Waals surface area contributed by atoms with Gasteiger partial charge in [0, 0.05) is 18.7 Å². The quantitative estimate of drug-likeness (QED) is 0.857. The third-order valence-corrected chi connectivity index (χ3v) is 2.05. The van der Waals surface area contributed by atoms with E-state index in [0.717, 1.165) is 5.56 Å². The zero-order chi connectivity index (χ0) is 10.7. The molecule has 0 aliphatic heterocycles. The highest BCUT2D eigenvalue weighted by Crippen LogP contribution is 2.10. The first-order valence-corrected chi connectivity index (χ1v) is 4.71. The number of pyridine rings is 1. The van der Waals surface area contributed by atoms with E-state index in [2.05, 4.69) is 20.2 Å². The molecule has 0 radical (unpaired) electrons. The summed E-state index contributed by atoms with van der Waals surface area (Å²) in [6.45, 7) is 0. The highest BCUT2D eigenvalue weighted by atomic mass is 35.5. The maximum Gasteiger partial charge on any atom is 0.242 e. The molecule has 0 bridgehead atoms. The summed E-state index contributed by atoms with van der Waals surface area (Å²) >= 11 is 5.59. The van der Waals surface area contributed by atoms with Crippen LogP contribution in [0.4, 0.5) is 0 Å². The van der Waals surface area contributed by atoms with E-state index >= 15 is 0 Å². The molecule has 0 aliphatic carbocycles. The van der Waals surface area contributed by atoms with Crippen LogP contribution < -0.4 is 4.74 Å². The van der Waals surface area contributed by atoms with Gasteiger partial charge >= 0.3 is 0 Å². The van der Waals surface area contributed by atoms with Crippen LogP contribution in [0.25, 0.3) is 0 Å². The van der Waals surface area contributed by atoms with Crippen molar-refractivity contribution in [3.63, 3.8) is 0 Å². The number of ether oxygens (including phenoxy) is 1. The molecule has 0 aromatic carbocycles. The Hall–Kier alpha value is -1.62. The molecule has 1 N–H and O–H groups in total. The number of methoxy groups -OCH3 is 1. The molecule has 0 unspecified atom stereocenters. The van der Waals surface area contributed by atoms with Gasteiger partial charge in [0.25, 0.3) is 0 Å². The molecule has 0 amide bonds. The fourth-order valence-corrected chi connectivity index (χ4v) is 1.32. The Morgan fingerprint density at radius 1 is 1.47 bits per heavy atom.